The number of hydrogen-bond donors (Lipinski definition) is 2. The van der Waals surface area contributed by atoms with Gasteiger partial charge >= 0.3 is 5.69 Å². The van der Waals surface area contributed by atoms with Crippen molar-refractivity contribution < 1.29 is 5.11 Å². The Morgan fingerprint density at radius 2 is 2.25 bits per heavy atom. The molecule has 0 fully saturated rings. The first-order valence-corrected chi connectivity index (χ1v) is 6.49. The summed E-state index contributed by atoms with van der Waals surface area (Å²) in [5.74, 6) is 0.539. The predicted molar refractivity (Wildman–Crippen MR) is 64.8 cm³/mol. The number of aromatic nitrogens is 3. The van der Waals surface area contributed by atoms with Gasteiger partial charge in [-0.2, -0.15) is 0 Å². The molecule has 0 aromatic carbocycles. The van der Waals surface area contributed by atoms with E-state index in [0.717, 1.165) is 6.42 Å². The van der Waals surface area contributed by atoms with Crippen LogP contribution in [0.15, 0.2) is 9.95 Å². The summed E-state index contributed by atoms with van der Waals surface area (Å²) in [7, 11) is 0. The van der Waals surface area contributed by atoms with Crippen LogP contribution in [0.1, 0.15) is 33.6 Å². The van der Waals surface area contributed by atoms with Gasteiger partial charge in [0.25, 0.3) is 0 Å². The second-order valence-electron chi connectivity index (χ2n) is 4.10. The maximum Gasteiger partial charge on any atom is 0.343 e. The van der Waals surface area contributed by atoms with Crippen molar-refractivity contribution in [3.05, 3.63) is 10.5 Å². The zero-order valence-corrected chi connectivity index (χ0v) is 10.8. The molecule has 5 nitrogen and oxygen atoms in total. The molecule has 92 valence electrons. The highest BCUT2D eigenvalue weighted by molar-refractivity contribution is 7.99. The van der Waals surface area contributed by atoms with E-state index < -0.39 is 5.60 Å². The van der Waals surface area contributed by atoms with Gasteiger partial charge in [-0.25, -0.2) is 9.89 Å². The summed E-state index contributed by atoms with van der Waals surface area (Å²) in [5, 5.41) is 16.9. The van der Waals surface area contributed by atoms with Crippen LogP contribution in [0.5, 0.6) is 0 Å². The van der Waals surface area contributed by atoms with Gasteiger partial charge in [-0.1, -0.05) is 25.6 Å². The average Bonchev–Trinajstić information content (AvgIpc) is 2.59. The van der Waals surface area contributed by atoms with Crippen LogP contribution in [-0.4, -0.2) is 31.2 Å². The summed E-state index contributed by atoms with van der Waals surface area (Å²) < 4.78 is 1.61. The molecule has 0 aliphatic heterocycles. The zero-order chi connectivity index (χ0) is 12.2. The Hall–Kier alpha value is -0.750. The van der Waals surface area contributed by atoms with Crippen LogP contribution in [0, 0.1) is 0 Å². The third kappa shape index (κ3) is 3.38. The second-order valence-corrected chi connectivity index (χ2v) is 5.04. The molecule has 0 bridgehead atoms. The van der Waals surface area contributed by atoms with Gasteiger partial charge in [0.2, 0.25) is 0 Å². The Morgan fingerprint density at radius 1 is 1.56 bits per heavy atom. The molecular weight excluding hydrogens is 226 g/mol. The largest absolute Gasteiger partial charge is 0.389 e. The van der Waals surface area contributed by atoms with Gasteiger partial charge in [0.05, 0.1) is 5.60 Å². The molecule has 16 heavy (non-hydrogen) atoms. The number of nitrogens with one attached hydrogen (secondary N) is 1. The normalized spacial score (nSPS) is 15.0. The number of rotatable bonds is 6. The summed E-state index contributed by atoms with van der Waals surface area (Å²) in [6, 6.07) is 0. The van der Waals surface area contributed by atoms with Crippen LogP contribution in [0.3, 0.4) is 0 Å². The number of thioether (sulfide) groups is 1. The third-order valence-electron chi connectivity index (χ3n) is 2.44. The molecule has 6 heteroatoms. The first-order chi connectivity index (χ1) is 7.50. The van der Waals surface area contributed by atoms with Crippen LogP contribution in [-0.2, 0) is 6.54 Å². The lowest BCUT2D eigenvalue weighted by Gasteiger charge is -2.19. The molecular formula is C10H19N3O2S. The number of aromatic amines is 1. The first kappa shape index (κ1) is 13.3. The van der Waals surface area contributed by atoms with E-state index >= 15 is 0 Å². The van der Waals surface area contributed by atoms with E-state index in [4.69, 9.17) is 0 Å². The van der Waals surface area contributed by atoms with E-state index in [-0.39, 0.29) is 5.69 Å². The lowest BCUT2D eigenvalue weighted by Crippen LogP contribution is -2.26. The van der Waals surface area contributed by atoms with Crippen molar-refractivity contribution in [3.8, 4) is 0 Å². The summed E-state index contributed by atoms with van der Waals surface area (Å²) in [5.41, 5.74) is -0.892. The molecule has 1 rings (SSSR count). The van der Waals surface area contributed by atoms with Crippen molar-refractivity contribution in [3.63, 3.8) is 0 Å². The molecule has 0 saturated carbocycles. The molecule has 0 aliphatic rings. The van der Waals surface area contributed by atoms with Crippen LogP contribution in [0.2, 0.25) is 0 Å². The highest BCUT2D eigenvalue weighted by Gasteiger charge is 2.19. The van der Waals surface area contributed by atoms with Crippen molar-refractivity contribution in [2.24, 2.45) is 0 Å². The topological polar surface area (TPSA) is 70.9 Å². The summed E-state index contributed by atoms with van der Waals surface area (Å²) >= 11 is 1.41. The maximum atomic E-state index is 11.4. The number of nitrogens with zero attached hydrogens (tertiary/aromatic N) is 2. The van der Waals surface area contributed by atoms with Crippen molar-refractivity contribution in [2.75, 3.05) is 5.75 Å². The molecule has 0 aliphatic carbocycles. The van der Waals surface area contributed by atoms with Crippen LogP contribution >= 0.6 is 11.8 Å². The van der Waals surface area contributed by atoms with Crippen LogP contribution in [0.4, 0.5) is 0 Å². The Balaban J connectivity index is 2.70. The minimum atomic E-state index is -0.712. The van der Waals surface area contributed by atoms with Crippen molar-refractivity contribution in [1.82, 2.24) is 14.8 Å². The van der Waals surface area contributed by atoms with Gasteiger partial charge in [-0.3, -0.25) is 4.57 Å². The predicted octanol–water partition coefficient (Wildman–Crippen LogP) is 1.23. The van der Waals surface area contributed by atoms with Crippen LogP contribution in [0.25, 0.3) is 0 Å². The van der Waals surface area contributed by atoms with Gasteiger partial charge in [0.15, 0.2) is 5.16 Å². The molecule has 0 saturated heterocycles. The smallest absolute Gasteiger partial charge is 0.343 e. The number of hydrogen-bond acceptors (Lipinski definition) is 4. The Labute approximate surface area is 99.3 Å². The Morgan fingerprint density at radius 3 is 2.81 bits per heavy atom. The molecule has 0 spiro atoms. The fraction of sp³-hybridized carbons (Fsp3) is 0.800. The lowest BCUT2D eigenvalue weighted by atomic mass is 10.1. The van der Waals surface area contributed by atoms with E-state index in [1.807, 2.05) is 13.8 Å². The molecule has 1 unspecified atom stereocenters. The monoisotopic (exact) mass is 245 g/mol. The van der Waals surface area contributed by atoms with Crippen molar-refractivity contribution in [1.29, 1.82) is 0 Å². The fourth-order valence-electron chi connectivity index (χ4n) is 1.16. The summed E-state index contributed by atoms with van der Waals surface area (Å²) in [6.45, 7) is 6.39. The summed E-state index contributed by atoms with van der Waals surface area (Å²) in [4.78, 5) is 11.4. The molecule has 1 aromatic heterocycles. The van der Waals surface area contributed by atoms with E-state index in [9.17, 15) is 9.90 Å². The van der Waals surface area contributed by atoms with Gasteiger partial charge in [-0.15, -0.1) is 5.10 Å². The molecule has 0 amide bonds. The first-order valence-electron chi connectivity index (χ1n) is 5.50. The number of aliphatic hydroxyl groups is 1. The van der Waals surface area contributed by atoms with E-state index in [0.29, 0.717) is 23.9 Å². The van der Waals surface area contributed by atoms with Crippen LogP contribution < -0.4 is 5.69 Å². The minimum absolute atomic E-state index is 0.180. The third-order valence-corrected chi connectivity index (χ3v) is 3.78. The quantitative estimate of drug-likeness (QED) is 0.740. The maximum absolute atomic E-state index is 11.4. The molecule has 1 heterocycles. The second kappa shape index (κ2) is 5.54. The van der Waals surface area contributed by atoms with E-state index in [2.05, 4.69) is 10.2 Å². The summed E-state index contributed by atoms with van der Waals surface area (Å²) in [6.07, 6.45) is 1.57. The standard InChI is InChI=1S/C10H19N3O2S/c1-4-6-13-8(14)11-12-9(13)16-7-10(3,15)5-2/h15H,4-7H2,1-3H3,(H,11,14). The fourth-order valence-corrected chi connectivity index (χ4v) is 2.24. The molecule has 2 N–H and O–H groups in total. The van der Waals surface area contributed by atoms with Gasteiger partial charge in [-0.05, 0) is 19.8 Å². The number of H-pyrrole nitrogens is 1. The van der Waals surface area contributed by atoms with E-state index in [1.54, 1.807) is 11.5 Å². The molecule has 0 radical (unpaired) electrons. The van der Waals surface area contributed by atoms with Gasteiger partial charge < -0.3 is 5.11 Å². The SMILES string of the molecule is CCCn1c(SCC(C)(O)CC)n[nH]c1=O. The Bertz CT molecular complexity index is 384. The van der Waals surface area contributed by atoms with Crippen molar-refractivity contribution in [2.45, 2.75) is 50.9 Å². The highest BCUT2D eigenvalue weighted by atomic mass is 32.2. The zero-order valence-electron chi connectivity index (χ0n) is 9.99. The average molecular weight is 245 g/mol. The molecule has 1 aromatic rings. The Kier molecular flexibility index (Phi) is 4.61. The van der Waals surface area contributed by atoms with Gasteiger partial charge in [0, 0.05) is 12.3 Å². The molecule has 1 atom stereocenters. The lowest BCUT2D eigenvalue weighted by molar-refractivity contribution is 0.0815. The van der Waals surface area contributed by atoms with Crippen molar-refractivity contribution >= 4 is 11.8 Å². The highest BCUT2D eigenvalue weighted by Crippen LogP contribution is 2.21. The minimum Gasteiger partial charge on any atom is -0.389 e. The van der Waals surface area contributed by atoms with Gasteiger partial charge in [0.1, 0.15) is 0 Å². The van der Waals surface area contributed by atoms with E-state index in [1.165, 1.54) is 11.8 Å².